The van der Waals surface area contributed by atoms with Crippen molar-refractivity contribution < 1.29 is 14.3 Å². The Hall–Kier alpha value is -2.97. The number of hydrogen-bond acceptors (Lipinski definition) is 9. The highest BCUT2D eigenvalue weighted by atomic mass is 35.5. The standard InChI is InChI=1S/C27H34ClN7O3/c28-24-15-22(4-1-19(24)16-29)38-21-5-2-20(3-6-21)31-27(36)25-7-8-26(33-32-25)35-12-10-34(11-13-35)18-23-17-30-9-14-37-23/h1,4,7-8,15,20-21,23,30H,2-3,5-6,9-14,17-18H2,(H,31,36)/t20?,21?,23-/m0/s1. The first-order valence-corrected chi connectivity index (χ1v) is 13.8. The van der Waals surface area contributed by atoms with Crippen LogP contribution in [0.3, 0.4) is 0 Å². The normalized spacial score (nSPS) is 24.4. The van der Waals surface area contributed by atoms with E-state index in [1.165, 1.54) is 0 Å². The van der Waals surface area contributed by atoms with Crippen molar-refractivity contribution in [3.05, 3.63) is 46.6 Å². The van der Waals surface area contributed by atoms with E-state index in [1.54, 1.807) is 24.3 Å². The van der Waals surface area contributed by atoms with E-state index in [2.05, 4.69) is 36.7 Å². The van der Waals surface area contributed by atoms with Crippen molar-refractivity contribution >= 4 is 23.3 Å². The molecule has 3 fully saturated rings. The van der Waals surface area contributed by atoms with Gasteiger partial charge in [-0.2, -0.15) is 5.26 Å². The van der Waals surface area contributed by atoms with E-state index in [1.807, 2.05) is 6.07 Å². The number of nitrogens with one attached hydrogen (secondary N) is 2. The zero-order valence-electron chi connectivity index (χ0n) is 21.4. The predicted molar refractivity (Wildman–Crippen MR) is 144 cm³/mol. The molecular formula is C27H34ClN7O3. The van der Waals surface area contributed by atoms with E-state index in [0.29, 0.717) is 22.0 Å². The van der Waals surface area contributed by atoms with Gasteiger partial charge < -0.3 is 25.0 Å². The summed E-state index contributed by atoms with van der Waals surface area (Å²) in [5.74, 6) is 1.27. The lowest BCUT2D eigenvalue weighted by atomic mass is 9.93. The van der Waals surface area contributed by atoms with Crippen LogP contribution in [-0.4, -0.2) is 91.7 Å². The van der Waals surface area contributed by atoms with Crippen LogP contribution in [0.2, 0.25) is 5.02 Å². The van der Waals surface area contributed by atoms with Gasteiger partial charge in [0.15, 0.2) is 11.5 Å². The van der Waals surface area contributed by atoms with Crippen LogP contribution in [0.25, 0.3) is 0 Å². The highest BCUT2D eigenvalue weighted by Gasteiger charge is 2.26. The summed E-state index contributed by atoms with van der Waals surface area (Å²) in [4.78, 5) is 17.4. The number of aromatic nitrogens is 2. The van der Waals surface area contributed by atoms with E-state index in [-0.39, 0.29) is 24.2 Å². The summed E-state index contributed by atoms with van der Waals surface area (Å²) >= 11 is 6.11. The number of benzene rings is 1. The molecule has 1 aromatic heterocycles. The molecule has 1 atom stereocenters. The molecule has 0 radical (unpaired) electrons. The summed E-state index contributed by atoms with van der Waals surface area (Å²) in [5.41, 5.74) is 0.766. The van der Waals surface area contributed by atoms with E-state index < -0.39 is 0 Å². The highest BCUT2D eigenvalue weighted by molar-refractivity contribution is 6.31. The van der Waals surface area contributed by atoms with Gasteiger partial charge in [-0.25, -0.2) is 0 Å². The molecule has 1 saturated carbocycles. The number of halogens is 1. The lowest BCUT2D eigenvalue weighted by molar-refractivity contribution is 0.00463. The number of carbonyl (C=O) groups excluding carboxylic acids is 1. The average molecular weight is 540 g/mol. The molecule has 202 valence electrons. The molecule has 2 aliphatic heterocycles. The van der Waals surface area contributed by atoms with Gasteiger partial charge in [-0.1, -0.05) is 11.6 Å². The number of ether oxygens (including phenoxy) is 2. The van der Waals surface area contributed by atoms with E-state index in [0.717, 1.165) is 83.9 Å². The Labute approximate surface area is 228 Å². The lowest BCUT2D eigenvalue weighted by Crippen LogP contribution is -2.52. The molecule has 3 heterocycles. The molecule has 0 spiro atoms. The molecule has 2 aromatic rings. The fourth-order valence-electron chi connectivity index (χ4n) is 5.24. The minimum atomic E-state index is -0.196. The molecule has 2 saturated heterocycles. The van der Waals surface area contributed by atoms with E-state index in [4.69, 9.17) is 26.3 Å². The Morgan fingerprint density at radius 2 is 1.97 bits per heavy atom. The Balaban J connectivity index is 1.04. The molecule has 1 aliphatic carbocycles. The summed E-state index contributed by atoms with van der Waals surface area (Å²) in [5, 5.41) is 24.5. The zero-order valence-corrected chi connectivity index (χ0v) is 22.2. The number of piperazine rings is 1. The molecule has 1 amide bonds. The van der Waals surface area contributed by atoms with Crippen LogP contribution in [0.5, 0.6) is 5.75 Å². The van der Waals surface area contributed by atoms with Crippen LogP contribution in [0.15, 0.2) is 30.3 Å². The number of hydrogen-bond donors (Lipinski definition) is 2. The van der Waals surface area contributed by atoms with Crippen molar-refractivity contribution in [3.63, 3.8) is 0 Å². The van der Waals surface area contributed by atoms with Gasteiger partial charge in [-0.3, -0.25) is 9.69 Å². The molecule has 3 aliphatic rings. The molecular weight excluding hydrogens is 506 g/mol. The van der Waals surface area contributed by atoms with Crippen LogP contribution in [0.1, 0.15) is 41.7 Å². The third kappa shape index (κ3) is 6.91. The fraction of sp³-hybridized carbons (Fsp3) is 0.556. The van der Waals surface area contributed by atoms with Gasteiger partial charge in [0.05, 0.1) is 29.4 Å². The largest absolute Gasteiger partial charge is 0.490 e. The monoisotopic (exact) mass is 539 g/mol. The first kappa shape index (κ1) is 26.6. The number of rotatable bonds is 7. The summed E-state index contributed by atoms with van der Waals surface area (Å²) in [6, 6.07) is 10.9. The van der Waals surface area contributed by atoms with Crippen LogP contribution in [0.4, 0.5) is 5.82 Å². The number of anilines is 1. The summed E-state index contributed by atoms with van der Waals surface area (Å²) in [7, 11) is 0. The Morgan fingerprint density at radius 3 is 2.63 bits per heavy atom. The maximum Gasteiger partial charge on any atom is 0.272 e. The van der Waals surface area contributed by atoms with Crippen LogP contribution in [0, 0.1) is 11.3 Å². The second-order valence-corrected chi connectivity index (χ2v) is 10.5. The lowest BCUT2D eigenvalue weighted by Gasteiger charge is -2.37. The topological polar surface area (TPSA) is 116 Å². The molecule has 38 heavy (non-hydrogen) atoms. The molecule has 1 aromatic carbocycles. The van der Waals surface area contributed by atoms with Gasteiger partial charge in [-0.15, -0.1) is 10.2 Å². The first-order chi connectivity index (χ1) is 18.6. The number of morpholine rings is 1. The molecule has 11 heteroatoms. The molecule has 0 bridgehead atoms. The Morgan fingerprint density at radius 1 is 1.16 bits per heavy atom. The van der Waals surface area contributed by atoms with Crippen molar-refractivity contribution in [1.82, 2.24) is 25.7 Å². The summed E-state index contributed by atoms with van der Waals surface area (Å²) in [6.07, 6.45) is 3.59. The van der Waals surface area contributed by atoms with E-state index >= 15 is 0 Å². The maximum atomic E-state index is 12.8. The van der Waals surface area contributed by atoms with Crippen molar-refractivity contribution in [1.29, 1.82) is 5.26 Å². The molecule has 2 N–H and O–H groups in total. The second kappa shape index (κ2) is 12.7. The first-order valence-electron chi connectivity index (χ1n) is 13.4. The minimum absolute atomic E-state index is 0.0542. The average Bonchev–Trinajstić information content (AvgIpc) is 2.95. The van der Waals surface area contributed by atoms with Gasteiger partial charge in [0.1, 0.15) is 11.8 Å². The number of nitrogens with zero attached hydrogens (tertiary/aromatic N) is 5. The van der Waals surface area contributed by atoms with Crippen LogP contribution >= 0.6 is 11.6 Å². The van der Waals surface area contributed by atoms with Crippen molar-refractivity contribution in [2.75, 3.05) is 57.3 Å². The van der Waals surface area contributed by atoms with Gasteiger partial charge in [-0.05, 0) is 49.9 Å². The van der Waals surface area contributed by atoms with Crippen molar-refractivity contribution in [2.24, 2.45) is 0 Å². The molecule has 0 unspecified atom stereocenters. The van der Waals surface area contributed by atoms with Crippen LogP contribution in [-0.2, 0) is 4.74 Å². The minimum Gasteiger partial charge on any atom is -0.490 e. The summed E-state index contributed by atoms with van der Waals surface area (Å²) < 4.78 is 11.9. The summed E-state index contributed by atoms with van der Waals surface area (Å²) in [6.45, 7) is 7.24. The number of amides is 1. The van der Waals surface area contributed by atoms with Gasteiger partial charge in [0.2, 0.25) is 0 Å². The highest BCUT2D eigenvalue weighted by Crippen LogP contribution is 2.27. The van der Waals surface area contributed by atoms with Gasteiger partial charge in [0, 0.05) is 57.9 Å². The van der Waals surface area contributed by atoms with Gasteiger partial charge in [0.25, 0.3) is 5.91 Å². The zero-order chi connectivity index (χ0) is 26.3. The quantitative estimate of drug-likeness (QED) is 0.546. The van der Waals surface area contributed by atoms with Crippen molar-refractivity contribution in [3.8, 4) is 11.8 Å². The third-order valence-corrected chi connectivity index (χ3v) is 7.73. The van der Waals surface area contributed by atoms with Crippen LogP contribution < -0.4 is 20.3 Å². The third-order valence-electron chi connectivity index (χ3n) is 7.42. The van der Waals surface area contributed by atoms with E-state index in [9.17, 15) is 4.79 Å². The fourth-order valence-corrected chi connectivity index (χ4v) is 5.45. The van der Waals surface area contributed by atoms with Crippen molar-refractivity contribution in [2.45, 2.75) is 43.9 Å². The van der Waals surface area contributed by atoms with Gasteiger partial charge >= 0.3 is 0 Å². The Bertz CT molecular complexity index is 1120. The molecule has 5 rings (SSSR count). The smallest absolute Gasteiger partial charge is 0.272 e. The molecule has 10 nitrogen and oxygen atoms in total. The Kier molecular flexibility index (Phi) is 8.91. The SMILES string of the molecule is N#Cc1ccc(OC2CCC(NC(=O)c3ccc(N4CCN(C[C@@H]5CNCCO5)CC4)nn3)CC2)cc1Cl. The maximum absolute atomic E-state index is 12.8. The number of nitriles is 1. The second-order valence-electron chi connectivity index (χ2n) is 10.1. The predicted octanol–water partition coefficient (Wildman–Crippen LogP) is 2.23. The number of carbonyl (C=O) groups is 1.